The quantitative estimate of drug-likeness (QED) is 0.193. The lowest BCUT2D eigenvalue weighted by molar-refractivity contribution is -0.120. The highest BCUT2D eigenvalue weighted by Gasteiger charge is 2.23. The SMILES string of the molecule is COCOC(COCCc1cccs1)COCC1CO1.c1csc(CCOCC2CO2)c1. The Morgan fingerprint density at radius 2 is 1.44 bits per heavy atom. The Hall–Kier alpha value is -0.880. The van der Waals surface area contributed by atoms with Gasteiger partial charge in [-0.25, -0.2) is 0 Å². The van der Waals surface area contributed by atoms with Gasteiger partial charge in [0.25, 0.3) is 0 Å². The van der Waals surface area contributed by atoms with Crippen LogP contribution in [0.25, 0.3) is 0 Å². The second-order valence-corrected chi connectivity index (χ2v) is 9.52. The van der Waals surface area contributed by atoms with Gasteiger partial charge < -0.3 is 33.2 Å². The van der Waals surface area contributed by atoms with Crippen molar-refractivity contribution in [1.82, 2.24) is 0 Å². The monoisotopic (exact) mass is 486 g/mol. The summed E-state index contributed by atoms with van der Waals surface area (Å²) in [6.07, 6.45) is 2.54. The van der Waals surface area contributed by atoms with Crippen LogP contribution in [0.4, 0.5) is 0 Å². The Morgan fingerprint density at radius 3 is 1.97 bits per heavy atom. The van der Waals surface area contributed by atoms with Crippen LogP contribution in [-0.4, -0.2) is 85.1 Å². The van der Waals surface area contributed by atoms with Crippen LogP contribution in [0.3, 0.4) is 0 Å². The molecule has 0 amide bonds. The molecule has 180 valence electrons. The fourth-order valence-corrected chi connectivity index (χ4v) is 4.03. The van der Waals surface area contributed by atoms with Gasteiger partial charge in [0.2, 0.25) is 0 Å². The summed E-state index contributed by atoms with van der Waals surface area (Å²) >= 11 is 3.54. The van der Waals surface area contributed by atoms with Gasteiger partial charge in [-0.05, 0) is 22.9 Å². The highest BCUT2D eigenvalue weighted by molar-refractivity contribution is 7.10. The fourth-order valence-electron chi connectivity index (χ4n) is 2.65. The van der Waals surface area contributed by atoms with E-state index in [-0.39, 0.29) is 19.0 Å². The number of methoxy groups -OCH3 is 1. The summed E-state index contributed by atoms with van der Waals surface area (Å²) in [5, 5.41) is 4.17. The summed E-state index contributed by atoms with van der Waals surface area (Å²) in [6, 6.07) is 8.38. The van der Waals surface area contributed by atoms with E-state index in [0.29, 0.717) is 32.5 Å². The smallest absolute Gasteiger partial charge is 0.146 e. The topological polar surface area (TPSA) is 71.2 Å². The van der Waals surface area contributed by atoms with Gasteiger partial charge in [-0.15, -0.1) is 22.7 Å². The molecule has 0 saturated carbocycles. The lowest BCUT2D eigenvalue weighted by atomic mass is 10.3. The molecule has 3 unspecified atom stereocenters. The van der Waals surface area contributed by atoms with Crippen LogP contribution in [0.15, 0.2) is 35.0 Å². The predicted octanol–water partition coefficient (Wildman–Crippen LogP) is 3.42. The highest BCUT2D eigenvalue weighted by atomic mass is 32.1. The Bertz CT molecular complexity index is 673. The first-order valence-electron chi connectivity index (χ1n) is 10.9. The summed E-state index contributed by atoms with van der Waals surface area (Å²) < 4.78 is 37.2. The van der Waals surface area contributed by atoms with Crippen LogP contribution >= 0.6 is 22.7 Å². The van der Waals surface area contributed by atoms with E-state index in [1.54, 1.807) is 29.8 Å². The standard InChI is InChI=1S/C14H22O5S.C9H12O2S/c1-15-11-19-12(8-17-9-13-10-18-13)7-16-5-4-14-3-2-6-20-14;1-2-9(12-5-1)3-4-10-6-8-7-11-8/h2-3,6,12-13H,4-5,7-11H2,1H3;1-2,5,8H,3-4,6-7H2. The Morgan fingerprint density at radius 1 is 0.875 bits per heavy atom. The van der Waals surface area contributed by atoms with Gasteiger partial charge >= 0.3 is 0 Å². The molecule has 0 radical (unpaired) electrons. The van der Waals surface area contributed by atoms with E-state index in [4.69, 9.17) is 33.2 Å². The average molecular weight is 487 g/mol. The molecule has 4 rings (SSSR count). The number of epoxide rings is 2. The first-order chi connectivity index (χ1) is 15.8. The summed E-state index contributed by atoms with van der Waals surface area (Å²) in [4.78, 5) is 2.73. The second-order valence-electron chi connectivity index (χ2n) is 7.45. The molecular formula is C23H34O7S2. The zero-order valence-electron chi connectivity index (χ0n) is 18.6. The van der Waals surface area contributed by atoms with Gasteiger partial charge in [0, 0.05) is 29.7 Å². The lowest BCUT2D eigenvalue weighted by Gasteiger charge is -2.17. The molecular weight excluding hydrogens is 452 g/mol. The molecule has 2 aliphatic rings. The molecule has 7 nitrogen and oxygen atoms in total. The number of hydrogen-bond donors (Lipinski definition) is 0. The van der Waals surface area contributed by atoms with Crippen molar-refractivity contribution in [3.8, 4) is 0 Å². The molecule has 4 heterocycles. The minimum absolute atomic E-state index is 0.1000. The lowest BCUT2D eigenvalue weighted by Crippen LogP contribution is -2.27. The van der Waals surface area contributed by atoms with Gasteiger partial charge in [0.1, 0.15) is 25.1 Å². The molecule has 0 N–H and O–H groups in total. The molecule has 2 aromatic heterocycles. The van der Waals surface area contributed by atoms with Gasteiger partial charge in [0.05, 0.1) is 52.9 Å². The van der Waals surface area contributed by atoms with Crippen LogP contribution in [0.1, 0.15) is 9.75 Å². The minimum atomic E-state index is -0.1000. The van der Waals surface area contributed by atoms with Crippen LogP contribution in [0, 0.1) is 0 Å². The maximum atomic E-state index is 5.65. The molecule has 0 aliphatic carbocycles. The van der Waals surface area contributed by atoms with Crippen molar-refractivity contribution < 1.29 is 33.2 Å². The van der Waals surface area contributed by atoms with Crippen molar-refractivity contribution in [1.29, 1.82) is 0 Å². The second kappa shape index (κ2) is 15.9. The molecule has 0 bridgehead atoms. The van der Waals surface area contributed by atoms with Crippen molar-refractivity contribution in [2.45, 2.75) is 31.2 Å². The van der Waals surface area contributed by atoms with E-state index in [1.165, 1.54) is 9.75 Å². The van der Waals surface area contributed by atoms with Crippen LogP contribution < -0.4 is 0 Å². The van der Waals surface area contributed by atoms with Gasteiger partial charge in [-0.2, -0.15) is 0 Å². The highest BCUT2D eigenvalue weighted by Crippen LogP contribution is 2.12. The number of ether oxygens (including phenoxy) is 7. The van der Waals surface area contributed by atoms with Crippen LogP contribution in [0.5, 0.6) is 0 Å². The van der Waals surface area contributed by atoms with Crippen molar-refractivity contribution >= 4 is 22.7 Å². The molecule has 2 fully saturated rings. The Labute approximate surface area is 198 Å². The average Bonchev–Trinajstić information content (AvgIpc) is 3.70. The third-order valence-corrected chi connectivity index (χ3v) is 6.46. The molecule has 0 spiro atoms. The van der Waals surface area contributed by atoms with Gasteiger partial charge in [-0.3, -0.25) is 0 Å². The van der Waals surface area contributed by atoms with Gasteiger partial charge in [-0.1, -0.05) is 12.1 Å². The molecule has 2 aliphatic heterocycles. The van der Waals surface area contributed by atoms with E-state index in [2.05, 4.69) is 35.0 Å². The normalized spacial score (nSPS) is 19.9. The van der Waals surface area contributed by atoms with Crippen LogP contribution in [-0.2, 0) is 46.0 Å². The molecule has 32 heavy (non-hydrogen) atoms. The van der Waals surface area contributed by atoms with E-state index in [9.17, 15) is 0 Å². The zero-order valence-corrected chi connectivity index (χ0v) is 20.3. The Balaban J connectivity index is 0.000000204. The van der Waals surface area contributed by atoms with Crippen molar-refractivity contribution in [3.05, 3.63) is 44.8 Å². The summed E-state index contributed by atoms with van der Waals surface area (Å²) in [7, 11) is 1.60. The van der Waals surface area contributed by atoms with Crippen LogP contribution in [0.2, 0.25) is 0 Å². The molecule has 2 saturated heterocycles. The maximum Gasteiger partial charge on any atom is 0.146 e. The largest absolute Gasteiger partial charge is 0.378 e. The minimum Gasteiger partial charge on any atom is -0.378 e. The van der Waals surface area contributed by atoms with Crippen molar-refractivity contribution in [2.75, 3.05) is 66.8 Å². The van der Waals surface area contributed by atoms with Crippen molar-refractivity contribution in [2.24, 2.45) is 0 Å². The molecule has 2 aromatic rings. The van der Waals surface area contributed by atoms with E-state index in [1.807, 2.05) is 0 Å². The van der Waals surface area contributed by atoms with E-state index < -0.39 is 0 Å². The first kappa shape index (κ1) is 25.7. The van der Waals surface area contributed by atoms with Crippen molar-refractivity contribution in [3.63, 3.8) is 0 Å². The number of rotatable bonds is 17. The van der Waals surface area contributed by atoms with Gasteiger partial charge in [0.15, 0.2) is 0 Å². The van der Waals surface area contributed by atoms with E-state index >= 15 is 0 Å². The maximum absolute atomic E-state index is 5.65. The third-order valence-electron chi connectivity index (χ3n) is 4.59. The molecule has 0 aromatic carbocycles. The summed E-state index contributed by atoms with van der Waals surface area (Å²) in [5.74, 6) is 0. The number of hydrogen-bond acceptors (Lipinski definition) is 9. The first-order valence-corrected chi connectivity index (χ1v) is 12.7. The fraction of sp³-hybridized carbons (Fsp3) is 0.652. The third kappa shape index (κ3) is 12.4. The predicted molar refractivity (Wildman–Crippen MR) is 125 cm³/mol. The summed E-state index contributed by atoms with van der Waals surface area (Å²) in [5.41, 5.74) is 0. The molecule has 3 atom stereocenters. The molecule has 9 heteroatoms. The summed E-state index contributed by atoms with van der Waals surface area (Å²) in [6.45, 7) is 5.87. The number of thiophene rings is 2. The Kier molecular flexibility index (Phi) is 12.8. The van der Waals surface area contributed by atoms with E-state index in [0.717, 1.165) is 39.3 Å². The zero-order chi connectivity index (χ0) is 22.3.